The van der Waals surface area contributed by atoms with E-state index in [0.29, 0.717) is 17.9 Å². The Morgan fingerprint density at radius 1 is 1.28 bits per heavy atom. The van der Waals surface area contributed by atoms with E-state index in [4.69, 9.17) is 14.6 Å². The van der Waals surface area contributed by atoms with Gasteiger partial charge in [-0.05, 0) is 30.2 Å². The maximum absolute atomic E-state index is 10.8. The minimum Gasteiger partial charge on any atom is -0.497 e. The summed E-state index contributed by atoms with van der Waals surface area (Å²) in [6.07, 6.45) is 0.458. The summed E-state index contributed by atoms with van der Waals surface area (Å²) in [4.78, 5) is 21.2. The number of hydrogen-bond donors (Lipinski definition) is 2. The van der Waals surface area contributed by atoms with Gasteiger partial charge in [0.15, 0.2) is 0 Å². The summed E-state index contributed by atoms with van der Waals surface area (Å²) in [6, 6.07) is 5.30. The van der Waals surface area contributed by atoms with Crippen molar-refractivity contribution in [2.75, 3.05) is 20.8 Å². The largest absolute Gasteiger partial charge is 0.497 e. The maximum Gasteiger partial charge on any atom is 0.394 e. The molecule has 0 radical (unpaired) electrons. The minimum atomic E-state index is -1.49. The van der Waals surface area contributed by atoms with Crippen LogP contribution in [-0.2, 0) is 16.0 Å². The van der Waals surface area contributed by atoms with Crippen molar-refractivity contribution in [3.8, 4) is 11.5 Å². The molecule has 0 aromatic heterocycles. The molecule has 0 saturated heterocycles. The molecule has 1 rings (SSSR count). The number of carbonyl (C=O) groups is 2. The monoisotopic (exact) mass is 253 g/mol. The lowest BCUT2D eigenvalue weighted by molar-refractivity contribution is -0.150. The van der Waals surface area contributed by atoms with Gasteiger partial charge in [0, 0.05) is 6.54 Å². The topological polar surface area (TPSA) is 84.9 Å². The summed E-state index contributed by atoms with van der Waals surface area (Å²) in [5.41, 5.74) is 0.836. The van der Waals surface area contributed by atoms with Gasteiger partial charge in [-0.15, -0.1) is 0 Å². The Hall–Kier alpha value is -2.24. The fraction of sp³-hybridized carbons (Fsp3) is 0.333. The summed E-state index contributed by atoms with van der Waals surface area (Å²) in [7, 11) is 3.10. The van der Waals surface area contributed by atoms with Crippen molar-refractivity contribution in [3.05, 3.63) is 23.8 Å². The molecule has 1 aromatic carbocycles. The van der Waals surface area contributed by atoms with Gasteiger partial charge in [-0.1, -0.05) is 0 Å². The zero-order valence-corrected chi connectivity index (χ0v) is 10.2. The van der Waals surface area contributed by atoms with E-state index in [9.17, 15) is 9.59 Å². The first-order chi connectivity index (χ1) is 8.58. The second-order valence-corrected chi connectivity index (χ2v) is 3.49. The van der Waals surface area contributed by atoms with Gasteiger partial charge < -0.3 is 19.9 Å². The van der Waals surface area contributed by atoms with Crippen LogP contribution in [-0.4, -0.2) is 37.7 Å². The van der Waals surface area contributed by atoms with E-state index in [2.05, 4.69) is 5.32 Å². The number of carboxylic acid groups (broad SMARTS) is 1. The summed E-state index contributed by atoms with van der Waals surface area (Å²) >= 11 is 0. The number of carboxylic acids is 1. The van der Waals surface area contributed by atoms with Crippen LogP contribution in [0.2, 0.25) is 0 Å². The van der Waals surface area contributed by atoms with Crippen LogP contribution in [0, 0.1) is 0 Å². The van der Waals surface area contributed by atoms with Crippen molar-refractivity contribution >= 4 is 11.9 Å². The third-order valence-corrected chi connectivity index (χ3v) is 2.36. The molecule has 0 atom stereocenters. The van der Waals surface area contributed by atoms with E-state index in [1.807, 2.05) is 0 Å². The molecular weight excluding hydrogens is 238 g/mol. The number of rotatable bonds is 5. The van der Waals surface area contributed by atoms with Gasteiger partial charge in [0.2, 0.25) is 0 Å². The fourth-order valence-corrected chi connectivity index (χ4v) is 1.46. The van der Waals surface area contributed by atoms with Crippen LogP contribution in [0.25, 0.3) is 0 Å². The van der Waals surface area contributed by atoms with Crippen molar-refractivity contribution in [2.45, 2.75) is 6.42 Å². The number of amides is 1. The zero-order chi connectivity index (χ0) is 13.5. The predicted octanol–water partition coefficient (Wildman–Crippen LogP) is 0.447. The molecule has 0 aliphatic heterocycles. The van der Waals surface area contributed by atoms with Crippen LogP contribution in [0.15, 0.2) is 18.2 Å². The fourth-order valence-electron chi connectivity index (χ4n) is 1.46. The highest BCUT2D eigenvalue weighted by molar-refractivity contribution is 6.31. The van der Waals surface area contributed by atoms with E-state index in [1.54, 1.807) is 32.4 Å². The van der Waals surface area contributed by atoms with E-state index in [1.165, 1.54) is 0 Å². The molecule has 0 spiro atoms. The third kappa shape index (κ3) is 3.65. The van der Waals surface area contributed by atoms with Crippen molar-refractivity contribution in [3.63, 3.8) is 0 Å². The summed E-state index contributed by atoms with van der Waals surface area (Å²) in [5, 5.41) is 10.7. The summed E-state index contributed by atoms with van der Waals surface area (Å²) in [5.74, 6) is -1.17. The number of aliphatic carboxylic acids is 1. The Bertz CT molecular complexity index is 444. The zero-order valence-electron chi connectivity index (χ0n) is 10.2. The molecule has 18 heavy (non-hydrogen) atoms. The first-order valence-corrected chi connectivity index (χ1v) is 5.30. The first-order valence-electron chi connectivity index (χ1n) is 5.30. The van der Waals surface area contributed by atoms with Crippen LogP contribution < -0.4 is 14.8 Å². The average molecular weight is 253 g/mol. The van der Waals surface area contributed by atoms with E-state index >= 15 is 0 Å². The number of carbonyl (C=O) groups excluding carboxylic acids is 1. The molecule has 98 valence electrons. The predicted molar refractivity (Wildman–Crippen MR) is 63.9 cm³/mol. The highest BCUT2D eigenvalue weighted by Crippen LogP contribution is 2.23. The molecule has 0 bridgehead atoms. The van der Waals surface area contributed by atoms with E-state index < -0.39 is 11.9 Å². The Morgan fingerprint density at radius 3 is 2.56 bits per heavy atom. The molecule has 0 saturated carbocycles. The minimum absolute atomic E-state index is 0.217. The number of nitrogens with one attached hydrogen (secondary N) is 1. The van der Waals surface area contributed by atoms with Crippen LogP contribution >= 0.6 is 0 Å². The Kier molecular flexibility index (Phi) is 4.98. The Morgan fingerprint density at radius 2 is 2.00 bits per heavy atom. The van der Waals surface area contributed by atoms with Gasteiger partial charge in [-0.3, -0.25) is 4.79 Å². The quantitative estimate of drug-likeness (QED) is 0.744. The second-order valence-electron chi connectivity index (χ2n) is 3.49. The molecular formula is C12H15NO5. The van der Waals surface area contributed by atoms with Gasteiger partial charge in [-0.2, -0.15) is 0 Å². The molecule has 6 nitrogen and oxygen atoms in total. The molecule has 0 unspecified atom stereocenters. The number of ether oxygens (including phenoxy) is 2. The molecule has 1 amide bonds. The molecule has 0 heterocycles. The van der Waals surface area contributed by atoms with E-state index in [0.717, 1.165) is 5.56 Å². The standard InChI is InChI=1S/C12H15NO5/c1-17-9-3-4-10(18-2)8(7-9)5-6-13-11(14)12(15)16/h3-4,7H,5-6H2,1-2H3,(H,13,14)(H,15,16). The lowest BCUT2D eigenvalue weighted by Gasteiger charge is -2.10. The molecule has 0 aliphatic carbocycles. The number of benzene rings is 1. The van der Waals surface area contributed by atoms with Gasteiger partial charge in [0.1, 0.15) is 11.5 Å². The Labute approximate surface area is 105 Å². The highest BCUT2D eigenvalue weighted by atomic mass is 16.5. The third-order valence-electron chi connectivity index (χ3n) is 2.36. The van der Waals surface area contributed by atoms with Gasteiger partial charge in [0.05, 0.1) is 14.2 Å². The molecule has 0 aliphatic rings. The van der Waals surface area contributed by atoms with Gasteiger partial charge in [0.25, 0.3) is 0 Å². The molecule has 2 N–H and O–H groups in total. The van der Waals surface area contributed by atoms with Crippen molar-refractivity contribution in [1.29, 1.82) is 0 Å². The molecule has 0 fully saturated rings. The van der Waals surface area contributed by atoms with Crippen molar-refractivity contribution in [2.24, 2.45) is 0 Å². The van der Waals surface area contributed by atoms with E-state index in [-0.39, 0.29) is 6.54 Å². The Balaban J connectivity index is 2.65. The van der Waals surface area contributed by atoms with Crippen LogP contribution in [0.1, 0.15) is 5.56 Å². The second kappa shape index (κ2) is 6.48. The normalized spacial score (nSPS) is 9.67. The first kappa shape index (κ1) is 13.8. The molecule has 1 aromatic rings. The summed E-state index contributed by atoms with van der Waals surface area (Å²) in [6.45, 7) is 0.217. The van der Waals surface area contributed by atoms with Crippen molar-refractivity contribution < 1.29 is 24.2 Å². The van der Waals surface area contributed by atoms with Crippen LogP contribution in [0.4, 0.5) is 0 Å². The van der Waals surface area contributed by atoms with Crippen LogP contribution in [0.3, 0.4) is 0 Å². The maximum atomic E-state index is 10.8. The van der Waals surface area contributed by atoms with Gasteiger partial charge in [-0.25, -0.2) is 4.79 Å². The lowest BCUT2D eigenvalue weighted by atomic mass is 10.1. The number of methoxy groups -OCH3 is 2. The smallest absolute Gasteiger partial charge is 0.394 e. The van der Waals surface area contributed by atoms with Crippen LogP contribution in [0.5, 0.6) is 11.5 Å². The summed E-state index contributed by atoms with van der Waals surface area (Å²) < 4.78 is 10.2. The lowest BCUT2D eigenvalue weighted by Crippen LogP contribution is -2.32. The molecule has 6 heteroatoms. The SMILES string of the molecule is COc1ccc(OC)c(CCNC(=O)C(=O)O)c1. The number of hydrogen-bond acceptors (Lipinski definition) is 4. The van der Waals surface area contributed by atoms with Gasteiger partial charge >= 0.3 is 11.9 Å². The average Bonchev–Trinajstić information content (AvgIpc) is 2.38. The highest BCUT2D eigenvalue weighted by Gasteiger charge is 2.10. The van der Waals surface area contributed by atoms with Crippen molar-refractivity contribution in [1.82, 2.24) is 5.32 Å².